The standard InChI is InChI=1S/C11H17N3S/c1-3-14(2)7-6-13-9-11-5-4-10(8-12)15-11/h4-5,13H,3,6-7,9H2,1-2H3. The van der Waals surface area contributed by atoms with Gasteiger partial charge in [0.05, 0.1) is 0 Å². The molecule has 0 atom stereocenters. The first-order chi connectivity index (χ1) is 7.26. The molecule has 0 unspecified atom stereocenters. The average Bonchev–Trinajstić information content (AvgIpc) is 2.72. The molecule has 0 saturated carbocycles. The van der Waals surface area contributed by atoms with Crippen LogP contribution in [-0.2, 0) is 6.54 Å². The monoisotopic (exact) mass is 223 g/mol. The smallest absolute Gasteiger partial charge is 0.110 e. The SMILES string of the molecule is CCN(C)CCNCc1ccc(C#N)s1. The predicted molar refractivity (Wildman–Crippen MR) is 63.9 cm³/mol. The van der Waals surface area contributed by atoms with Crippen LogP contribution in [0.2, 0.25) is 0 Å². The van der Waals surface area contributed by atoms with E-state index in [1.807, 2.05) is 12.1 Å². The summed E-state index contributed by atoms with van der Waals surface area (Å²) in [5.41, 5.74) is 0. The Morgan fingerprint density at radius 3 is 2.93 bits per heavy atom. The van der Waals surface area contributed by atoms with Crippen molar-refractivity contribution in [2.75, 3.05) is 26.7 Å². The lowest BCUT2D eigenvalue weighted by atomic mass is 10.4. The lowest BCUT2D eigenvalue weighted by molar-refractivity contribution is 0.349. The molecule has 0 saturated heterocycles. The highest BCUT2D eigenvalue weighted by molar-refractivity contribution is 7.12. The molecular weight excluding hydrogens is 206 g/mol. The van der Waals surface area contributed by atoms with E-state index in [0.29, 0.717) is 0 Å². The Kier molecular flexibility index (Phi) is 5.33. The minimum absolute atomic E-state index is 0.789. The molecule has 0 spiro atoms. The maximum absolute atomic E-state index is 8.66. The lowest BCUT2D eigenvalue weighted by Gasteiger charge is -2.13. The largest absolute Gasteiger partial charge is 0.311 e. The van der Waals surface area contributed by atoms with Crippen molar-refractivity contribution in [2.45, 2.75) is 13.5 Å². The number of thiophene rings is 1. The van der Waals surface area contributed by atoms with Crippen LogP contribution in [0.25, 0.3) is 0 Å². The van der Waals surface area contributed by atoms with Crippen LogP contribution in [0.4, 0.5) is 0 Å². The first kappa shape index (κ1) is 12.2. The molecular formula is C11H17N3S. The molecule has 0 radical (unpaired) electrons. The Balaban J connectivity index is 2.18. The first-order valence-electron chi connectivity index (χ1n) is 5.14. The van der Waals surface area contributed by atoms with Crippen molar-refractivity contribution in [1.82, 2.24) is 10.2 Å². The van der Waals surface area contributed by atoms with Gasteiger partial charge in [0.1, 0.15) is 10.9 Å². The van der Waals surface area contributed by atoms with Crippen molar-refractivity contribution in [2.24, 2.45) is 0 Å². The highest BCUT2D eigenvalue weighted by atomic mass is 32.1. The molecule has 0 bridgehead atoms. The van der Waals surface area contributed by atoms with Crippen molar-refractivity contribution < 1.29 is 0 Å². The molecule has 1 rings (SSSR count). The summed E-state index contributed by atoms with van der Waals surface area (Å²) in [4.78, 5) is 4.28. The normalized spacial score (nSPS) is 10.5. The van der Waals surface area contributed by atoms with Gasteiger partial charge < -0.3 is 10.2 Å². The number of rotatable bonds is 6. The molecule has 0 fully saturated rings. The maximum Gasteiger partial charge on any atom is 0.110 e. The van der Waals surface area contributed by atoms with Gasteiger partial charge in [0.15, 0.2) is 0 Å². The van der Waals surface area contributed by atoms with Crippen molar-refractivity contribution in [1.29, 1.82) is 5.26 Å². The minimum atomic E-state index is 0.789. The molecule has 1 aromatic rings. The van der Waals surface area contributed by atoms with E-state index in [0.717, 1.165) is 31.1 Å². The third-order valence-electron chi connectivity index (χ3n) is 2.28. The highest BCUT2D eigenvalue weighted by Gasteiger charge is 1.99. The molecule has 1 N–H and O–H groups in total. The zero-order valence-electron chi connectivity index (χ0n) is 9.29. The van der Waals surface area contributed by atoms with Gasteiger partial charge >= 0.3 is 0 Å². The molecule has 15 heavy (non-hydrogen) atoms. The van der Waals surface area contributed by atoms with Crippen LogP contribution in [0.5, 0.6) is 0 Å². The zero-order chi connectivity index (χ0) is 11.1. The van der Waals surface area contributed by atoms with E-state index < -0.39 is 0 Å². The van der Waals surface area contributed by atoms with Crippen LogP contribution in [0, 0.1) is 11.3 Å². The van der Waals surface area contributed by atoms with E-state index in [2.05, 4.69) is 30.3 Å². The van der Waals surface area contributed by atoms with Crippen LogP contribution in [0.15, 0.2) is 12.1 Å². The zero-order valence-corrected chi connectivity index (χ0v) is 10.1. The van der Waals surface area contributed by atoms with Gasteiger partial charge in [-0.2, -0.15) is 5.26 Å². The third-order valence-corrected chi connectivity index (χ3v) is 3.27. The van der Waals surface area contributed by atoms with Gasteiger partial charge in [0, 0.05) is 24.5 Å². The Bertz CT molecular complexity index is 327. The van der Waals surface area contributed by atoms with Gasteiger partial charge in [-0.15, -0.1) is 11.3 Å². The van der Waals surface area contributed by atoms with Gasteiger partial charge in [-0.3, -0.25) is 0 Å². The fraction of sp³-hybridized carbons (Fsp3) is 0.545. The van der Waals surface area contributed by atoms with Crippen LogP contribution in [0.3, 0.4) is 0 Å². The topological polar surface area (TPSA) is 39.1 Å². The van der Waals surface area contributed by atoms with E-state index >= 15 is 0 Å². The summed E-state index contributed by atoms with van der Waals surface area (Å²) in [5.74, 6) is 0. The number of hydrogen-bond donors (Lipinski definition) is 1. The maximum atomic E-state index is 8.66. The van der Waals surface area contributed by atoms with E-state index in [-0.39, 0.29) is 0 Å². The van der Waals surface area contributed by atoms with E-state index in [4.69, 9.17) is 5.26 Å². The highest BCUT2D eigenvalue weighted by Crippen LogP contribution is 2.14. The second-order valence-electron chi connectivity index (χ2n) is 3.45. The molecule has 4 heteroatoms. The predicted octanol–water partition coefficient (Wildman–Crippen LogP) is 1.66. The molecule has 1 aromatic heterocycles. The molecule has 1 heterocycles. The second-order valence-corrected chi connectivity index (χ2v) is 4.62. The van der Waals surface area contributed by atoms with E-state index in [1.54, 1.807) is 11.3 Å². The van der Waals surface area contributed by atoms with Gasteiger partial charge in [-0.05, 0) is 25.7 Å². The summed E-state index contributed by atoms with van der Waals surface area (Å²) in [6, 6.07) is 6.04. The lowest BCUT2D eigenvalue weighted by Crippen LogP contribution is -2.28. The summed E-state index contributed by atoms with van der Waals surface area (Å²) in [6.45, 7) is 6.15. The second kappa shape index (κ2) is 6.57. The van der Waals surface area contributed by atoms with Crippen LogP contribution in [-0.4, -0.2) is 31.6 Å². The minimum Gasteiger partial charge on any atom is -0.311 e. The van der Waals surface area contributed by atoms with Crippen LogP contribution >= 0.6 is 11.3 Å². The molecule has 0 amide bonds. The van der Waals surface area contributed by atoms with E-state index in [1.165, 1.54) is 4.88 Å². The number of hydrogen-bond acceptors (Lipinski definition) is 4. The van der Waals surface area contributed by atoms with Crippen molar-refractivity contribution in [3.63, 3.8) is 0 Å². The molecule has 0 aliphatic rings. The summed E-state index contributed by atoms with van der Waals surface area (Å²) in [7, 11) is 2.11. The quantitative estimate of drug-likeness (QED) is 0.746. The summed E-state index contributed by atoms with van der Waals surface area (Å²) < 4.78 is 0. The fourth-order valence-electron chi connectivity index (χ4n) is 1.17. The average molecular weight is 223 g/mol. The number of likely N-dealkylation sites (N-methyl/N-ethyl adjacent to an activating group) is 1. The van der Waals surface area contributed by atoms with Gasteiger partial charge in [0.2, 0.25) is 0 Å². The molecule has 0 aliphatic carbocycles. The summed E-state index contributed by atoms with van der Waals surface area (Å²) in [6.07, 6.45) is 0. The van der Waals surface area contributed by atoms with E-state index in [9.17, 15) is 0 Å². The molecule has 82 valence electrons. The first-order valence-corrected chi connectivity index (χ1v) is 5.96. The Labute approximate surface area is 95.3 Å². The Morgan fingerprint density at radius 1 is 1.53 bits per heavy atom. The number of nitrogens with zero attached hydrogens (tertiary/aromatic N) is 2. The summed E-state index contributed by atoms with van der Waals surface area (Å²) >= 11 is 1.56. The van der Waals surface area contributed by atoms with Gasteiger partial charge in [-0.25, -0.2) is 0 Å². The molecule has 0 aromatic carbocycles. The number of nitriles is 1. The Hall–Kier alpha value is -0.890. The van der Waals surface area contributed by atoms with Gasteiger partial charge in [-0.1, -0.05) is 6.92 Å². The Morgan fingerprint density at radius 2 is 2.33 bits per heavy atom. The molecule has 0 aliphatic heterocycles. The van der Waals surface area contributed by atoms with Crippen molar-refractivity contribution in [3.05, 3.63) is 21.9 Å². The van der Waals surface area contributed by atoms with Gasteiger partial charge in [0.25, 0.3) is 0 Å². The van der Waals surface area contributed by atoms with Crippen molar-refractivity contribution >= 4 is 11.3 Å². The summed E-state index contributed by atoms with van der Waals surface area (Å²) in [5, 5.41) is 12.0. The van der Waals surface area contributed by atoms with Crippen LogP contribution < -0.4 is 5.32 Å². The molecule has 3 nitrogen and oxygen atoms in total. The fourth-order valence-corrected chi connectivity index (χ4v) is 1.95. The van der Waals surface area contributed by atoms with Crippen LogP contribution in [0.1, 0.15) is 16.7 Å². The number of nitrogens with one attached hydrogen (secondary N) is 1. The third kappa shape index (κ3) is 4.43. The van der Waals surface area contributed by atoms with Crippen molar-refractivity contribution in [3.8, 4) is 6.07 Å².